The first-order valence-electron chi connectivity index (χ1n) is 6.26. The normalized spacial score (nSPS) is 11.2. The molecule has 0 fully saturated rings. The maximum absolute atomic E-state index is 11.8. The maximum Gasteiger partial charge on any atom is 0.215 e. The van der Waals surface area contributed by atoms with Gasteiger partial charge < -0.3 is 10.5 Å². The molecule has 0 bridgehead atoms. The topological polar surface area (TPSA) is 107 Å². The number of ether oxygens (including phenoxy) is 1. The Morgan fingerprint density at radius 2 is 2.14 bits per heavy atom. The van der Waals surface area contributed by atoms with Gasteiger partial charge in [0.1, 0.15) is 18.7 Å². The van der Waals surface area contributed by atoms with E-state index in [0.717, 1.165) is 0 Å². The molecule has 0 aliphatic heterocycles. The van der Waals surface area contributed by atoms with Gasteiger partial charge in [-0.15, -0.1) is 0 Å². The van der Waals surface area contributed by atoms with Gasteiger partial charge in [0.25, 0.3) is 0 Å². The number of benzene rings is 1. The Hall–Kier alpha value is -2.19. The highest BCUT2D eigenvalue weighted by Gasteiger charge is 2.10. The molecular formula is C13H16N4O3S. The third-order valence-corrected chi connectivity index (χ3v) is 3.88. The fourth-order valence-electron chi connectivity index (χ4n) is 1.55. The van der Waals surface area contributed by atoms with Gasteiger partial charge in [0, 0.05) is 18.0 Å². The zero-order chi connectivity index (χ0) is 15.1. The van der Waals surface area contributed by atoms with Crippen molar-refractivity contribution in [3.63, 3.8) is 0 Å². The van der Waals surface area contributed by atoms with Crippen LogP contribution >= 0.6 is 0 Å². The summed E-state index contributed by atoms with van der Waals surface area (Å²) in [5.41, 5.74) is 6.77. The van der Waals surface area contributed by atoms with E-state index in [1.54, 1.807) is 36.5 Å². The second-order valence-electron chi connectivity index (χ2n) is 4.26. The molecule has 0 aliphatic rings. The average Bonchev–Trinajstić information content (AvgIpc) is 2.46. The predicted molar refractivity (Wildman–Crippen MR) is 79.0 cm³/mol. The molecule has 21 heavy (non-hydrogen) atoms. The van der Waals surface area contributed by atoms with Crippen molar-refractivity contribution in [1.82, 2.24) is 14.7 Å². The van der Waals surface area contributed by atoms with Crippen molar-refractivity contribution in [3.05, 3.63) is 48.5 Å². The lowest BCUT2D eigenvalue weighted by Gasteiger charge is -2.08. The molecule has 0 atom stereocenters. The summed E-state index contributed by atoms with van der Waals surface area (Å²) in [6.07, 6.45) is 2.92. The zero-order valence-electron chi connectivity index (χ0n) is 11.3. The Bertz CT molecular complexity index is 677. The third-order valence-electron chi connectivity index (χ3n) is 2.60. The van der Waals surface area contributed by atoms with Crippen molar-refractivity contribution in [1.29, 1.82) is 0 Å². The first kappa shape index (κ1) is 15.2. The monoisotopic (exact) mass is 308 g/mol. The van der Waals surface area contributed by atoms with Gasteiger partial charge in [0.15, 0.2) is 0 Å². The number of sulfonamides is 1. The molecule has 2 rings (SSSR count). The molecule has 0 radical (unpaired) electrons. The first-order valence-corrected chi connectivity index (χ1v) is 7.91. The summed E-state index contributed by atoms with van der Waals surface area (Å²) in [4.78, 5) is 7.70. The number of nitrogen functional groups attached to an aromatic ring is 1. The van der Waals surface area contributed by atoms with E-state index >= 15 is 0 Å². The van der Waals surface area contributed by atoms with Crippen LogP contribution in [0.4, 0.5) is 5.69 Å². The lowest BCUT2D eigenvalue weighted by molar-refractivity contribution is 0.340. The van der Waals surface area contributed by atoms with Gasteiger partial charge in [-0.1, -0.05) is 6.07 Å². The molecule has 1 heterocycles. The smallest absolute Gasteiger partial charge is 0.215 e. The van der Waals surface area contributed by atoms with Gasteiger partial charge in [-0.25, -0.2) is 23.1 Å². The van der Waals surface area contributed by atoms with Gasteiger partial charge in [-0.3, -0.25) is 0 Å². The van der Waals surface area contributed by atoms with E-state index in [1.165, 1.54) is 6.33 Å². The van der Waals surface area contributed by atoms with Gasteiger partial charge in [0.05, 0.1) is 18.0 Å². The van der Waals surface area contributed by atoms with Crippen LogP contribution in [-0.4, -0.2) is 30.7 Å². The Morgan fingerprint density at radius 1 is 1.29 bits per heavy atom. The standard InChI is InChI=1S/C13H16N4O3S/c14-11-2-1-3-13(8-11)20-6-7-21(18,19)17-9-12-4-5-15-10-16-12/h1-5,8,10,17H,6-7,9,14H2. The summed E-state index contributed by atoms with van der Waals surface area (Å²) in [7, 11) is -3.43. The van der Waals surface area contributed by atoms with Gasteiger partial charge in [-0.05, 0) is 18.2 Å². The van der Waals surface area contributed by atoms with E-state index in [0.29, 0.717) is 17.1 Å². The molecule has 112 valence electrons. The number of nitrogens with one attached hydrogen (secondary N) is 1. The predicted octanol–water partition coefficient (Wildman–Crippen LogP) is 0.557. The molecule has 1 aromatic carbocycles. The zero-order valence-corrected chi connectivity index (χ0v) is 12.1. The van der Waals surface area contributed by atoms with Crippen LogP contribution in [0.5, 0.6) is 5.75 Å². The van der Waals surface area contributed by atoms with Gasteiger partial charge in [-0.2, -0.15) is 0 Å². The molecule has 0 amide bonds. The quantitative estimate of drug-likeness (QED) is 0.724. The summed E-state index contributed by atoms with van der Waals surface area (Å²) >= 11 is 0. The van der Waals surface area contributed by atoms with Crippen molar-refractivity contribution in [2.75, 3.05) is 18.1 Å². The fourth-order valence-corrected chi connectivity index (χ4v) is 2.37. The summed E-state index contributed by atoms with van der Waals surface area (Å²) in [6.45, 7) is 0.172. The minimum Gasteiger partial charge on any atom is -0.492 e. The van der Waals surface area contributed by atoms with Crippen LogP contribution in [0.3, 0.4) is 0 Å². The van der Waals surface area contributed by atoms with E-state index in [2.05, 4.69) is 14.7 Å². The molecule has 1 aromatic heterocycles. The summed E-state index contributed by atoms with van der Waals surface area (Å²) in [5.74, 6) is 0.397. The van der Waals surface area contributed by atoms with Gasteiger partial charge >= 0.3 is 0 Å². The number of nitrogens with two attached hydrogens (primary N) is 1. The van der Waals surface area contributed by atoms with Crippen LogP contribution in [0, 0.1) is 0 Å². The number of hydrogen-bond acceptors (Lipinski definition) is 6. The summed E-state index contributed by atoms with van der Waals surface area (Å²) < 4.78 is 31.4. The first-order chi connectivity index (χ1) is 10.1. The average molecular weight is 308 g/mol. The molecule has 8 heteroatoms. The second-order valence-corrected chi connectivity index (χ2v) is 6.19. The minimum atomic E-state index is -3.43. The number of aromatic nitrogens is 2. The number of anilines is 1. The molecule has 0 unspecified atom stereocenters. The molecule has 0 aliphatic carbocycles. The van der Waals surface area contributed by atoms with E-state index in [4.69, 9.17) is 10.5 Å². The lowest BCUT2D eigenvalue weighted by Crippen LogP contribution is -2.29. The van der Waals surface area contributed by atoms with Crippen LogP contribution in [0.15, 0.2) is 42.9 Å². The molecule has 2 aromatic rings. The van der Waals surface area contributed by atoms with Crippen LogP contribution in [-0.2, 0) is 16.6 Å². The molecule has 7 nitrogen and oxygen atoms in total. The van der Waals surface area contributed by atoms with Crippen molar-refractivity contribution in [2.24, 2.45) is 0 Å². The molecular weight excluding hydrogens is 292 g/mol. The van der Waals surface area contributed by atoms with Crippen LogP contribution < -0.4 is 15.2 Å². The van der Waals surface area contributed by atoms with E-state index in [-0.39, 0.29) is 18.9 Å². The Balaban J connectivity index is 1.79. The molecule has 3 N–H and O–H groups in total. The maximum atomic E-state index is 11.8. The number of nitrogens with zero attached hydrogens (tertiary/aromatic N) is 2. The van der Waals surface area contributed by atoms with Gasteiger partial charge in [0.2, 0.25) is 10.0 Å². The van der Waals surface area contributed by atoms with Crippen LogP contribution in [0.1, 0.15) is 5.69 Å². The van der Waals surface area contributed by atoms with Crippen LogP contribution in [0.2, 0.25) is 0 Å². The van der Waals surface area contributed by atoms with Crippen molar-refractivity contribution in [3.8, 4) is 5.75 Å². The molecule has 0 saturated carbocycles. The Morgan fingerprint density at radius 3 is 2.86 bits per heavy atom. The Kier molecular flexibility index (Phi) is 5.07. The fraction of sp³-hybridized carbons (Fsp3) is 0.231. The van der Waals surface area contributed by atoms with Crippen LogP contribution in [0.25, 0.3) is 0 Å². The van der Waals surface area contributed by atoms with Crippen molar-refractivity contribution >= 4 is 15.7 Å². The second kappa shape index (κ2) is 7.00. The highest BCUT2D eigenvalue weighted by Crippen LogP contribution is 2.14. The minimum absolute atomic E-state index is 0.0442. The molecule has 0 spiro atoms. The summed E-state index contributed by atoms with van der Waals surface area (Å²) in [5, 5.41) is 0. The SMILES string of the molecule is Nc1cccc(OCCS(=O)(=O)NCc2ccncn2)c1. The van der Waals surface area contributed by atoms with E-state index < -0.39 is 10.0 Å². The Labute approximate surface area is 123 Å². The van der Waals surface area contributed by atoms with E-state index in [1.807, 2.05) is 0 Å². The summed E-state index contributed by atoms with van der Waals surface area (Å²) in [6, 6.07) is 8.48. The third kappa shape index (κ3) is 5.36. The van der Waals surface area contributed by atoms with Crippen molar-refractivity contribution in [2.45, 2.75) is 6.54 Å². The van der Waals surface area contributed by atoms with E-state index in [9.17, 15) is 8.42 Å². The van der Waals surface area contributed by atoms with Crippen molar-refractivity contribution < 1.29 is 13.2 Å². The largest absolute Gasteiger partial charge is 0.492 e. The number of hydrogen-bond donors (Lipinski definition) is 2. The molecule has 0 saturated heterocycles. The lowest BCUT2D eigenvalue weighted by atomic mass is 10.3. The highest BCUT2D eigenvalue weighted by molar-refractivity contribution is 7.89. The highest BCUT2D eigenvalue weighted by atomic mass is 32.2. The number of rotatable bonds is 7.